The Labute approximate surface area is 131 Å². The topological polar surface area (TPSA) is 68.2 Å². The van der Waals surface area contributed by atoms with Gasteiger partial charge in [-0.15, -0.1) is 12.4 Å². The van der Waals surface area contributed by atoms with Crippen molar-refractivity contribution < 1.29 is 4.52 Å². The maximum absolute atomic E-state index is 5.75. The zero-order valence-corrected chi connectivity index (χ0v) is 13.6. The van der Waals surface area contributed by atoms with Crippen molar-refractivity contribution in [2.75, 3.05) is 20.1 Å². The first-order chi connectivity index (χ1) is 9.50. The summed E-state index contributed by atoms with van der Waals surface area (Å²) in [5.41, 5.74) is 6.80. The largest absolute Gasteiger partial charge is 0.338 e. The third-order valence-corrected chi connectivity index (χ3v) is 3.16. The lowest BCUT2D eigenvalue weighted by Crippen LogP contribution is -2.36. The van der Waals surface area contributed by atoms with E-state index in [1.807, 2.05) is 37.4 Å². The fourth-order valence-electron chi connectivity index (χ4n) is 2.11. The zero-order chi connectivity index (χ0) is 14.6. The SMILES string of the molecule is CN(Cc1nc(-c2ccccc2)no1)CC(C)(C)CN.Cl. The first kappa shape index (κ1) is 17.6. The van der Waals surface area contributed by atoms with Gasteiger partial charge in [0.15, 0.2) is 0 Å². The number of hydrogen-bond donors (Lipinski definition) is 1. The normalized spacial score (nSPS) is 11.5. The van der Waals surface area contributed by atoms with Crippen molar-refractivity contribution in [1.82, 2.24) is 15.0 Å². The van der Waals surface area contributed by atoms with Crippen LogP contribution in [0.4, 0.5) is 0 Å². The highest BCUT2D eigenvalue weighted by Gasteiger charge is 2.19. The molecule has 0 unspecified atom stereocenters. The summed E-state index contributed by atoms with van der Waals surface area (Å²) in [6.07, 6.45) is 0. The van der Waals surface area contributed by atoms with Gasteiger partial charge in [0.2, 0.25) is 11.7 Å². The van der Waals surface area contributed by atoms with E-state index < -0.39 is 0 Å². The van der Waals surface area contributed by atoms with Crippen LogP contribution in [0.3, 0.4) is 0 Å². The summed E-state index contributed by atoms with van der Waals surface area (Å²) in [5.74, 6) is 1.26. The van der Waals surface area contributed by atoms with Crippen LogP contribution in [0.1, 0.15) is 19.7 Å². The second-order valence-electron chi connectivity index (χ2n) is 5.92. The smallest absolute Gasteiger partial charge is 0.241 e. The Morgan fingerprint density at radius 1 is 1.24 bits per heavy atom. The van der Waals surface area contributed by atoms with Crippen molar-refractivity contribution in [3.63, 3.8) is 0 Å². The molecule has 0 saturated heterocycles. The highest BCUT2D eigenvalue weighted by Crippen LogP contribution is 2.17. The molecule has 116 valence electrons. The summed E-state index contributed by atoms with van der Waals surface area (Å²) in [4.78, 5) is 6.57. The molecular weight excluding hydrogens is 288 g/mol. The van der Waals surface area contributed by atoms with Crippen molar-refractivity contribution in [3.05, 3.63) is 36.2 Å². The molecular formula is C15H23ClN4O. The number of rotatable bonds is 6. The van der Waals surface area contributed by atoms with Crippen LogP contribution in [-0.2, 0) is 6.54 Å². The van der Waals surface area contributed by atoms with E-state index in [0.717, 1.165) is 12.1 Å². The van der Waals surface area contributed by atoms with Crippen molar-refractivity contribution >= 4 is 12.4 Å². The number of hydrogen-bond acceptors (Lipinski definition) is 5. The minimum absolute atomic E-state index is 0. The van der Waals surface area contributed by atoms with E-state index in [-0.39, 0.29) is 17.8 Å². The maximum Gasteiger partial charge on any atom is 0.241 e. The Hall–Kier alpha value is -1.43. The van der Waals surface area contributed by atoms with E-state index in [2.05, 4.69) is 28.9 Å². The Morgan fingerprint density at radius 3 is 2.52 bits per heavy atom. The lowest BCUT2D eigenvalue weighted by Gasteiger charge is -2.27. The van der Waals surface area contributed by atoms with Gasteiger partial charge in [-0.3, -0.25) is 4.90 Å². The quantitative estimate of drug-likeness (QED) is 0.888. The molecule has 2 aromatic rings. The van der Waals surface area contributed by atoms with Gasteiger partial charge in [0.1, 0.15) is 0 Å². The number of halogens is 1. The molecule has 0 aliphatic carbocycles. The van der Waals surface area contributed by atoms with E-state index >= 15 is 0 Å². The van der Waals surface area contributed by atoms with E-state index in [0.29, 0.717) is 24.8 Å². The molecule has 2 rings (SSSR count). The monoisotopic (exact) mass is 310 g/mol. The van der Waals surface area contributed by atoms with E-state index in [9.17, 15) is 0 Å². The van der Waals surface area contributed by atoms with Crippen LogP contribution in [0.15, 0.2) is 34.9 Å². The Morgan fingerprint density at radius 2 is 1.90 bits per heavy atom. The summed E-state index contributed by atoms with van der Waals surface area (Å²) in [5, 5.41) is 4.02. The predicted molar refractivity (Wildman–Crippen MR) is 86.2 cm³/mol. The van der Waals surface area contributed by atoms with Crippen molar-refractivity contribution in [3.8, 4) is 11.4 Å². The Balaban J connectivity index is 0.00000220. The molecule has 0 atom stereocenters. The maximum atomic E-state index is 5.75. The number of benzene rings is 1. The van der Waals surface area contributed by atoms with Gasteiger partial charge in [-0.1, -0.05) is 49.3 Å². The zero-order valence-electron chi connectivity index (χ0n) is 12.7. The molecule has 0 aliphatic rings. The van der Waals surface area contributed by atoms with E-state index in [1.54, 1.807) is 0 Å². The van der Waals surface area contributed by atoms with Gasteiger partial charge in [0.05, 0.1) is 6.54 Å². The summed E-state index contributed by atoms with van der Waals surface area (Å²) < 4.78 is 5.30. The number of nitrogens with zero attached hydrogens (tertiary/aromatic N) is 3. The lowest BCUT2D eigenvalue weighted by atomic mass is 9.93. The summed E-state index contributed by atoms with van der Waals surface area (Å²) in [7, 11) is 2.03. The van der Waals surface area contributed by atoms with Crippen LogP contribution in [0.2, 0.25) is 0 Å². The van der Waals surface area contributed by atoms with Crippen LogP contribution in [0.5, 0.6) is 0 Å². The molecule has 2 N–H and O–H groups in total. The highest BCUT2D eigenvalue weighted by molar-refractivity contribution is 5.85. The lowest BCUT2D eigenvalue weighted by molar-refractivity contribution is 0.189. The second kappa shape index (κ2) is 7.54. The molecule has 0 bridgehead atoms. The molecule has 1 aromatic carbocycles. The van der Waals surface area contributed by atoms with Crippen molar-refractivity contribution in [2.24, 2.45) is 11.1 Å². The number of nitrogens with two attached hydrogens (primary N) is 1. The average molecular weight is 311 g/mol. The van der Waals surface area contributed by atoms with Gasteiger partial charge < -0.3 is 10.3 Å². The molecule has 6 heteroatoms. The third kappa shape index (κ3) is 5.12. The predicted octanol–water partition coefficient (Wildman–Crippen LogP) is 2.58. The highest BCUT2D eigenvalue weighted by atomic mass is 35.5. The van der Waals surface area contributed by atoms with Crippen LogP contribution >= 0.6 is 12.4 Å². The van der Waals surface area contributed by atoms with Gasteiger partial charge in [-0.2, -0.15) is 4.98 Å². The Kier molecular flexibility index (Phi) is 6.33. The van der Waals surface area contributed by atoms with Gasteiger partial charge in [0.25, 0.3) is 0 Å². The molecule has 1 heterocycles. The van der Waals surface area contributed by atoms with Crippen LogP contribution < -0.4 is 5.73 Å². The first-order valence-electron chi connectivity index (χ1n) is 6.77. The molecule has 0 aliphatic heterocycles. The first-order valence-corrected chi connectivity index (χ1v) is 6.77. The average Bonchev–Trinajstić information content (AvgIpc) is 2.87. The molecule has 5 nitrogen and oxygen atoms in total. The molecule has 1 aromatic heterocycles. The van der Waals surface area contributed by atoms with E-state index in [1.165, 1.54) is 0 Å². The molecule has 21 heavy (non-hydrogen) atoms. The van der Waals surface area contributed by atoms with Crippen molar-refractivity contribution in [1.29, 1.82) is 0 Å². The van der Waals surface area contributed by atoms with Gasteiger partial charge >= 0.3 is 0 Å². The summed E-state index contributed by atoms with van der Waals surface area (Å²) in [6.45, 7) is 6.45. The standard InChI is InChI=1S/C15H22N4O.ClH/c1-15(2,10-16)11-19(3)9-13-17-14(18-20-13)12-7-5-4-6-8-12;/h4-8H,9-11,16H2,1-3H3;1H. The van der Waals surface area contributed by atoms with Crippen molar-refractivity contribution in [2.45, 2.75) is 20.4 Å². The Bertz CT molecular complexity index is 542. The van der Waals surface area contributed by atoms with Gasteiger partial charge in [-0.25, -0.2) is 0 Å². The fraction of sp³-hybridized carbons (Fsp3) is 0.467. The van der Waals surface area contributed by atoms with Crippen LogP contribution in [0.25, 0.3) is 11.4 Å². The molecule has 0 amide bonds. The fourth-order valence-corrected chi connectivity index (χ4v) is 2.11. The minimum atomic E-state index is 0. The minimum Gasteiger partial charge on any atom is -0.338 e. The number of aromatic nitrogens is 2. The molecule has 0 saturated carbocycles. The molecule has 0 spiro atoms. The van der Waals surface area contributed by atoms with Gasteiger partial charge in [0, 0.05) is 12.1 Å². The van der Waals surface area contributed by atoms with E-state index in [4.69, 9.17) is 10.3 Å². The third-order valence-electron chi connectivity index (χ3n) is 3.16. The van der Waals surface area contributed by atoms with Crippen LogP contribution in [0, 0.1) is 5.41 Å². The summed E-state index contributed by atoms with van der Waals surface area (Å²) >= 11 is 0. The second-order valence-corrected chi connectivity index (χ2v) is 5.92. The van der Waals surface area contributed by atoms with Gasteiger partial charge in [-0.05, 0) is 19.0 Å². The molecule has 0 fully saturated rings. The van der Waals surface area contributed by atoms with Crippen LogP contribution in [-0.4, -0.2) is 35.2 Å². The molecule has 0 radical (unpaired) electrons. The summed E-state index contributed by atoms with van der Waals surface area (Å²) in [6, 6.07) is 9.82.